The molecule has 1 N–H and O–H groups in total. The molecule has 1 saturated heterocycles. The molecule has 0 spiro atoms. The number of aliphatic hydroxyl groups is 1. The van der Waals surface area contributed by atoms with E-state index in [-0.39, 0.29) is 6.10 Å². The number of rotatable bonds is 14. The van der Waals surface area contributed by atoms with Crippen LogP contribution in [0.25, 0.3) is 0 Å². The third-order valence-electron chi connectivity index (χ3n) is 7.93. The maximum atomic E-state index is 11.4. The molecule has 0 saturated carbocycles. The molecular formula is C32H48O5Si. The fourth-order valence-corrected chi connectivity index (χ4v) is 11.6. The van der Waals surface area contributed by atoms with Crippen LogP contribution in [-0.4, -0.2) is 50.6 Å². The summed E-state index contributed by atoms with van der Waals surface area (Å²) in [5.74, 6) is 0. The Balaban J connectivity index is 1.90. The van der Waals surface area contributed by atoms with Crippen molar-refractivity contribution in [1.29, 1.82) is 0 Å². The van der Waals surface area contributed by atoms with Crippen LogP contribution in [0, 0.1) is 0 Å². The minimum absolute atomic E-state index is 0.379. The van der Waals surface area contributed by atoms with E-state index < -0.39 is 32.7 Å². The first-order valence-corrected chi connectivity index (χ1v) is 16.2. The fourth-order valence-electron chi connectivity index (χ4n) is 6.15. The molecule has 0 aromatic heterocycles. The highest BCUT2D eigenvalue weighted by molar-refractivity contribution is 6.77. The number of aliphatic hydroxyl groups excluding tert-OH is 1. The summed E-state index contributed by atoms with van der Waals surface area (Å²) in [6.07, 6.45) is -0.415. The molecule has 2 aromatic carbocycles. The summed E-state index contributed by atoms with van der Waals surface area (Å²) in [5.41, 5.74) is 3.47. The average molecular weight is 541 g/mol. The van der Waals surface area contributed by atoms with Crippen molar-refractivity contribution in [2.75, 3.05) is 6.61 Å². The molecular weight excluding hydrogens is 492 g/mol. The van der Waals surface area contributed by atoms with E-state index >= 15 is 0 Å². The van der Waals surface area contributed by atoms with E-state index in [0.717, 1.165) is 11.1 Å². The predicted octanol–water partition coefficient (Wildman–Crippen LogP) is 7.05. The van der Waals surface area contributed by atoms with Gasteiger partial charge in [-0.15, -0.1) is 6.58 Å². The predicted molar refractivity (Wildman–Crippen MR) is 157 cm³/mol. The molecule has 210 valence electrons. The lowest BCUT2D eigenvalue weighted by molar-refractivity contribution is -0.256. The van der Waals surface area contributed by atoms with Crippen LogP contribution in [-0.2, 0) is 31.9 Å². The van der Waals surface area contributed by atoms with Gasteiger partial charge in [-0.05, 0) is 34.2 Å². The van der Waals surface area contributed by atoms with Gasteiger partial charge in [-0.3, -0.25) is 0 Å². The van der Waals surface area contributed by atoms with Crippen molar-refractivity contribution in [3.05, 3.63) is 84.4 Å². The standard InChI is InChI=1S/C32H48O5Si/c1-8-15-28-30(33)32(35-21-27-18-13-10-14-19-27)31(34-20-26-16-11-9-12-17-26)29(37-28)22-36-38(23(2)3,24(4)5)25(6)7/h8-14,16-19,23-25,28-33H,1,15,20-22H2,2-7H3/t28-,29-,30-,31+,32+/m0/s1. The quantitative estimate of drug-likeness (QED) is 0.205. The molecule has 1 fully saturated rings. The minimum Gasteiger partial charge on any atom is -0.413 e. The number of ether oxygens (including phenoxy) is 3. The van der Waals surface area contributed by atoms with E-state index in [9.17, 15) is 5.11 Å². The summed E-state index contributed by atoms with van der Waals surface area (Å²) < 4.78 is 26.5. The summed E-state index contributed by atoms with van der Waals surface area (Å²) in [6.45, 7) is 18.8. The first-order valence-electron chi connectivity index (χ1n) is 14.1. The Labute approximate surface area is 231 Å². The van der Waals surface area contributed by atoms with Crippen LogP contribution >= 0.6 is 0 Å². The highest BCUT2D eigenvalue weighted by Gasteiger charge is 2.50. The van der Waals surface area contributed by atoms with Crippen molar-refractivity contribution in [2.24, 2.45) is 0 Å². The lowest BCUT2D eigenvalue weighted by atomic mass is 9.93. The number of benzene rings is 2. The van der Waals surface area contributed by atoms with Crippen LogP contribution in [0.2, 0.25) is 16.6 Å². The summed E-state index contributed by atoms with van der Waals surface area (Å²) in [7, 11) is -2.14. The molecule has 1 aliphatic heterocycles. The molecule has 38 heavy (non-hydrogen) atoms. The smallest absolute Gasteiger partial charge is 0.200 e. The number of hydrogen-bond acceptors (Lipinski definition) is 5. The molecule has 0 radical (unpaired) electrons. The first-order chi connectivity index (χ1) is 18.2. The van der Waals surface area contributed by atoms with Gasteiger partial charge in [0.15, 0.2) is 8.32 Å². The van der Waals surface area contributed by atoms with Gasteiger partial charge in [0.1, 0.15) is 24.4 Å². The Kier molecular flexibility index (Phi) is 11.8. The normalized spacial score (nSPS) is 24.3. The van der Waals surface area contributed by atoms with E-state index in [2.05, 4.69) is 48.1 Å². The minimum atomic E-state index is -2.14. The molecule has 3 rings (SSSR count). The first kappa shape index (κ1) is 30.7. The molecule has 0 bridgehead atoms. The Morgan fingerprint density at radius 3 is 1.71 bits per heavy atom. The molecule has 1 aliphatic rings. The lowest BCUT2D eigenvalue weighted by Crippen LogP contribution is -2.61. The zero-order chi connectivity index (χ0) is 27.7. The highest BCUT2D eigenvalue weighted by Crippen LogP contribution is 2.43. The van der Waals surface area contributed by atoms with E-state index in [1.165, 1.54) is 0 Å². The van der Waals surface area contributed by atoms with Crippen LogP contribution in [0.5, 0.6) is 0 Å². The van der Waals surface area contributed by atoms with Crippen LogP contribution in [0.4, 0.5) is 0 Å². The molecule has 0 amide bonds. The molecule has 5 nitrogen and oxygen atoms in total. The maximum Gasteiger partial charge on any atom is 0.200 e. The molecule has 0 aliphatic carbocycles. The summed E-state index contributed by atoms with van der Waals surface area (Å²) in [4.78, 5) is 0. The van der Waals surface area contributed by atoms with Gasteiger partial charge in [0.25, 0.3) is 0 Å². The second kappa shape index (κ2) is 14.5. The second-order valence-electron chi connectivity index (χ2n) is 11.4. The van der Waals surface area contributed by atoms with Crippen molar-refractivity contribution in [1.82, 2.24) is 0 Å². The molecule has 0 unspecified atom stereocenters. The van der Waals surface area contributed by atoms with E-state index in [1.807, 2.05) is 60.7 Å². The van der Waals surface area contributed by atoms with Gasteiger partial charge in [0.2, 0.25) is 0 Å². The van der Waals surface area contributed by atoms with E-state index in [4.69, 9.17) is 18.6 Å². The average Bonchev–Trinajstić information content (AvgIpc) is 2.89. The van der Waals surface area contributed by atoms with Crippen molar-refractivity contribution >= 4 is 8.32 Å². The fraction of sp³-hybridized carbons (Fsp3) is 0.562. The topological polar surface area (TPSA) is 57.2 Å². The third kappa shape index (κ3) is 7.43. The van der Waals surface area contributed by atoms with Crippen molar-refractivity contribution < 1.29 is 23.7 Å². The molecule has 5 atom stereocenters. The third-order valence-corrected chi connectivity index (χ3v) is 14.0. The van der Waals surface area contributed by atoms with Gasteiger partial charge in [-0.25, -0.2) is 0 Å². The van der Waals surface area contributed by atoms with E-state index in [1.54, 1.807) is 6.08 Å². The van der Waals surface area contributed by atoms with Gasteiger partial charge in [0, 0.05) is 0 Å². The zero-order valence-electron chi connectivity index (χ0n) is 24.1. The van der Waals surface area contributed by atoms with Gasteiger partial charge in [0.05, 0.1) is 25.9 Å². The lowest BCUT2D eigenvalue weighted by Gasteiger charge is -2.47. The van der Waals surface area contributed by atoms with Crippen molar-refractivity contribution in [2.45, 2.75) is 108 Å². The second-order valence-corrected chi connectivity index (χ2v) is 16.8. The molecule has 2 aromatic rings. The molecule has 1 heterocycles. The van der Waals surface area contributed by atoms with Crippen LogP contribution < -0.4 is 0 Å². The Hall–Kier alpha value is -1.80. The van der Waals surface area contributed by atoms with Gasteiger partial charge < -0.3 is 23.7 Å². The van der Waals surface area contributed by atoms with Crippen LogP contribution in [0.15, 0.2) is 73.3 Å². The van der Waals surface area contributed by atoms with Gasteiger partial charge in [-0.1, -0.05) is 108 Å². The van der Waals surface area contributed by atoms with E-state index in [0.29, 0.717) is 42.9 Å². The summed E-state index contributed by atoms with van der Waals surface area (Å²) in [5, 5.41) is 11.4. The van der Waals surface area contributed by atoms with Crippen LogP contribution in [0.3, 0.4) is 0 Å². The van der Waals surface area contributed by atoms with Gasteiger partial charge in [-0.2, -0.15) is 0 Å². The molecule has 6 heteroatoms. The Morgan fingerprint density at radius 2 is 1.26 bits per heavy atom. The summed E-state index contributed by atoms with van der Waals surface area (Å²) >= 11 is 0. The largest absolute Gasteiger partial charge is 0.413 e. The zero-order valence-corrected chi connectivity index (χ0v) is 25.1. The monoisotopic (exact) mass is 540 g/mol. The maximum absolute atomic E-state index is 11.4. The Morgan fingerprint density at radius 1 is 0.789 bits per heavy atom. The highest BCUT2D eigenvalue weighted by atomic mass is 28.4. The Bertz CT molecular complexity index is 927. The number of hydrogen-bond donors (Lipinski definition) is 1. The van der Waals surface area contributed by atoms with Crippen LogP contribution in [0.1, 0.15) is 59.1 Å². The van der Waals surface area contributed by atoms with Gasteiger partial charge >= 0.3 is 0 Å². The van der Waals surface area contributed by atoms with Crippen molar-refractivity contribution in [3.8, 4) is 0 Å². The summed E-state index contributed by atoms with van der Waals surface area (Å²) in [6, 6.07) is 20.1. The SMILES string of the molecule is C=CC[C@@H]1O[C@@H](CO[Si](C(C)C)(C(C)C)C(C)C)[C@@H](OCc2ccccc2)[C@H](OCc2ccccc2)[C@H]1O. The van der Waals surface area contributed by atoms with Crippen molar-refractivity contribution in [3.63, 3.8) is 0 Å².